The van der Waals surface area contributed by atoms with Crippen molar-refractivity contribution >= 4 is 17.2 Å². The van der Waals surface area contributed by atoms with E-state index in [0.29, 0.717) is 30.3 Å². The maximum Gasteiger partial charge on any atom is 0.274 e. The van der Waals surface area contributed by atoms with E-state index >= 15 is 0 Å². The Hall–Kier alpha value is -3.26. The Kier molecular flexibility index (Phi) is 4.05. The van der Waals surface area contributed by atoms with Crippen LogP contribution in [0.5, 0.6) is 0 Å². The van der Waals surface area contributed by atoms with Crippen LogP contribution in [0.1, 0.15) is 21.9 Å². The van der Waals surface area contributed by atoms with E-state index < -0.39 is 0 Å². The molecule has 1 aliphatic heterocycles. The molecule has 1 amide bonds. The normalized spacial score (nSPS) is 13.5. The van der Waals surface area contributed by atoms with Gasteiger partial charge in [0.1, 0.15) is 11.5 Å². The minimum Gasteiger partial charge on any atom is -0.347 e. The number of nitrogens with zero attached hydrogens (tertiary/aromatic N) is 4. The molecule has 6 nitrogen and oxygen atoms in total. The Morgan fingerprint density at radius 1 is 1.18 bits per heavy atom. The summed E-state index contributed by atoms with van der Waals surface area (Å²) in [6, 6.07) is 9.98. The molecular weight excluding hydrogens is 377 g/mol. The first-order valence-electron chi connectivity index (χ1n) is 8.89. The Bertz CT molecular complexity index is 1130. The lowest BCUT2D eigenvalue weighted by molar-refractivity contribution is 0.0727. The van der Waals surface area contributed by atoms with Gasteiger partial charge >= 0.3 is 0 Å². The number of rotatable bonds is 3. The third-order valence-corrected chi connectivity index (χ3v) is 5.93. The van der Waals surface area contributed by atoms with E-state index in [1.165, 1.54) is 23.5 Å². The first kappa shape index (κ1) is 16.9. The van der Waals surface area contributed by atoms with E-state index in [1.54, 1.807) is 23.4 Å². The highest BCUT2D eigenvalue weighted by atomic mass is 32.1. The molecule has 0 aliphatic carbocycles. The van der Waals surface area contributed by atoms with Crippen molar-refractivity contribution in [3.05, 3.63) is 78.0 Å². The van der Waals surface area contributed by atoms with Gasteiger partial charge < -0.3 is 14.5 Å². The highest BCUT2D eigenvalue weighted by Crippen LogP contribution is 2.34. The second kappa shape index (κ2) is 6.72. The van der Waals surface area contributed by atoms with Crippen LogP contribution in [0.3, 0.4) is 0 Å². The average molecular weight is 393 g/mol. The molecule has 4 aromatic rings. The van der Waals surface area contributed by atoms with Crippen molar-refractivity contribution in [1.82, 2.24) is 24.4 Å². The number of carbonyl (C=O) groups excluding carboxylic acids is 1. The van der Waals surface area contributed by atoms with Gasteiger partial charge in [0.15, 0.2) is 5.13 Å². The number of carbonyl (C=O) groups is 1. The average Bonchev–Trinajstić information content (AvgIpc) is 3.47. The van der Waals surface area contributed by atoms with E-state index in [2.05, 4.69) is 15.0 Å². The lowest BCUT2D eigenvalue weighted by atomic mass is 10.1. The number of imidazole rings is 1. The molecule has 1 N–H and O–H groups in total. The lowest BCUT2D eigenvalue weighted by Gasteiger charge is -2.25. The SMILES string of the molecule is O=C(c1nc(-n2cccc2)sc1-c1ccc(F)cc1)N1CCc2nc[nH]c2C1. The van der Waals surface area contributed by atoms with Crippen LogP contribution in [-0.4, -0.2) is 36.9 Å². The summed E-state index contributed by atoms with van der Waals surface area (Å²) in [5.74, 6) is -0.441. The van der Waals surface area contributed by atoms with Crippen molar-refractivity contribution in [3.8, 4) is 15.6 Å². The number of hydrogen-bond acceptors (Lipinski definition) is 4. The second-order valence-electron chi connectivity index (χ2n) is 6.58. The molecule has 1 aliphatic rings. The number of fused-ring (bicyclic) bond motifs is 1. The van der Waals surface area contributed by atoms with Gasteiger partial charge in [-0.25, -0.2) is 14.4 Å². The first-order chi connectivity index (χ1) is 13.7. The van der Waals surface area contributed by atoms with Crippen LogP contribution >= 0.6 is 11.3 Å². The molecule has 4 heterocycles. The van der Waals surface area contributed by atoms with E-state index in [0.717, 1.165) is 21.8 Å². The van der Waals surface area contributed by atoms with E-state index in [-0.39, 0.29) is 11.7 Å². The molecule has 8 heteroatoms. The standard InChI is InChI=1S/C20H16FN5OS/c21-14-5-3-13(4-6-14)18-17(24-20(28-18)25-8-1-2-9-25)19(27)26-10-7-15-16(11-26)23-12-22-15/h1-6,8-9,12H,7,10-11H2,(H,22,23). The van der Waals surface area contributed by atoms with Gasteiger partial charge in [-0.1, -0.05) is 23.5 Å². The summed E-state index contributed by atoms with van der Waals surface area (Å²) >= 11 is 1.42. The van der Waals surface area contributed by atoms with Gasteiger partial charge in [-0.05, 0) is 29.8 Å². The van der Waals surface area contributed by atoms with Crippen LogP contribution in [0.2, 0.25) is 0 Å². The van der Waals surface area contributed by atoms with Gasteiger partial charge in [-0.15, -0.1) is 0 Å². The summed E-state index contributed by atoms with van der Waals surface area (Å²) in [6.45, 7) is 1.07. The molecule has 3 aromatic heterocycles. The highest BCUT2D eigenvalue weighted by molar-refractivity contribution is 7.17. The molecule has 0 fully saturated rings. The Morgan fingerprint density at radius 3 is 2.75 bits per heavy atom. The van der Waals surface area contributed by atoms with Crippen LogP contribution < -0.4 is 0 Å². The third kappa shape index (κ3) is 2.91. The highest BCUT2D eigenvalue weighted by Gasteiger charge is 2.28. The van der Waals surface area contributed by atoms with Crippen molar-refractivity contribution in [2.75, 3.05) is 6.54 Å². The number of nitrogens with one attached hydrogen (secondary N) is 1. The number of H-pyrrole nitrogens is 1. The summed E-state index contributed by atoms with van der Waals surface area (Å²) < 4.78 is 15.3. The molecule has 28 heavy (non-hydrogen) atoms. The van der Waals surface area contributed by atoms with Gasteiger partial charge in [0.05, 0.1) is 29.1 Å². The van der Waals surface area contributed by atoms with Crippen molar-refractivity contribution < 1.29 is 9.18 Å². The Morgan fingerprint density at radius 2 is 1.96 bits per heavy atom. The molecule has 0 saturated carbocycles. The smallest absolute Gasteiger partial charge is 0.274 e. The zero-order chi connectivity index (χ0) is 19.1. The van der Waals surface area contributed by atoms with Gasteiger partial charge in [-0.2, -0.15) is 0 Å². The number of hydrogen-bond donors (Lipinski definition) is 1. The minimum atomic E-state index is -0.311. The summed E-state index contributed by atoms with van der Waals surface area (Å²) in [4.78, 5) is 27.9. The number of aromatic amines is 1. The Labute approximate surface area is 164 Å². The minimum absolute atomic E-state index is 0.130. The van der Waals surface area contributed by atoms with Crippen LogP contribution in [0.25, 0.3) is 15.6 Å². The maximum atomic E-state index is 13.4. The topological polar surface area (TPSA) is 66.8 Å². The molecule has 0 bridgehead atoms. The fourth-order valence-electron chi connectivity index (χ4n) is 3.36. The monoisotopic (exact) mass is 393 g/mol. The second-order valence-corrected chi connectivity index (χ2v) is 7.55. The number of thiazole rings is 1. The van der Waals surface area contributed by atoms with Gasteiger partial charge in [-0.3, -0.25) is 4.79 Å². The van der Waals surface area contributed by atoms with Crippen LogP contribution in [0.4, 0.5) is 4.39 Å². The molecule has 0 atom stereocenters. The zero-order valence-corrected chi connectivity index (χ0v) is 15.6. The molecule has 0 radical (unpaired) electrons. The molecule has 5 rings (SSSR count). The van der Waals surface area contributed by atoms with Gasteiger partial charge in [0.2, 0.25) is 0 Å². The largest absolute Gasteiger partial charge is 0.347 e. The van der Waals surface area contributed by atoms with Crippen molar-refractivity contribution in [2.45, 2.75) is 13.0 Å². The summed E-state index contributed by atoms with van der Waals surface area (Å²) in [6.07, 6.45) is 6.15. The number of halogens is 1. The summed E-state index contributed by atoms with van der Waals surface area (Å²) in [5, 5.41) is 0.701. The summed E-state index contributed by atoms with van der Waals surface area (Å²) in [5.41, 5.74) is 3.14. The molecular formula is C20H16FN5OS. The lowest BCUT2D eigenvalue weighted by Crippen LogP contribution is -2.36. The van der Waals surface area contributed by atoms with Crippen LogP contribution in [0, 0.1) is 5.82 Å². The Balaban J connectivity index is 1.55. The molecule has 140 valence electrons. The fraction of sp³-hybridized carbons (Fsp3) is 0.150. The van der Waals surface area contributed by atoms with E-state index in [1.807, 2.05) is 29.1 Å². The quantitative estimate of drug-likeness (QED) is 0.578. The van der Waals surface area contributed by atoms with Gasteiger partial charge in [0, 0.05) is 25.4 Å². The third-order valence-electron chi connectivity index (χ3n) is 4.81. The van der Waals surface area contributed by atoms with E-state index in [4.69, 9.17) is 0 Å². The maximum absolute atomic E-state index is 13.4. The number of benzene rings is 1. The van der Waals surface area contributed by atoms with Crippen LogP contribution in [-0.2, 0) is 13.0 Å². The van der Waals surface area contributed by atoms with Crippen molar-refractivity contribution in [3.63, 3.8) is 0 Å². The fourth-order valence-corrected chi connectivity index (χ4v) is 4.39. The van der Waals surface area contributed by atoms with Crippen molar-refractivity contribution in [1.29, 1.82) is 0 Å². The number of amides is 1. The zero-order valence-electron chi connectivity index (χ0n) is 14.8. The van der Waals surface area contributed by atoms with Gasteiger partial charge in [0.25, 0.3) is 5.91 Å². The molecule has 0 saturated heterocycles. The van der Waals surface area contributed by atoms with Crippen molar-refractivity contribution in [2.24, 2.45) is 0 Å². The number of aromatic nitrogens is 4. The molecule has 1 aromatic carbocycles. The predicted octanol–water partition coefficient (Wildman–Crippen LogP) is 3.66. The molecule has 0 unspecified atom stereocenters. The molecule has 0 spiro atoms. The summed E-state index contributed by atoms with van der Waals surface area (Å²) in [7, 11) is 0. The predicted molar refractivity (Wildman–Crippen MR) is 104 cm³/mol. The van der Waals surface area contributed by atoms with Crippen LogP contribution in [0.15, 0.2) is 55.1 Å². The van der Waals surface area contributed by atoms with E-state index in [9.17, 15) is 9.18 Å². The first-order valence-corrected chi connectivity index (χ1v) is 9.71.